The molecular weight excluding hydrogens is 326 g/mol. The van der Waals surface area contributed by atoms with E-state index in [0.29, 0.717) is 6.42 Å². The summed E-state index contributed by atoms with van der Waals surface area (Å²) in [6.45, 7) is 5.72. The molecule has 2 aliphatic heterocycles. The van der Waals surface area contributed by atoms with Gasteiger partial charge in [0.05, 0.1) is 11.4 Å². The molecule has 138 valence electrons. The fourth-order valence-electron chi connectivity index (χ4n) is 3.95. The molecule has 0 unspecified atom stereocenters. The number of amides is 1. The Kier molecular flexibility index (Phi) is 5.29. The van der Waals surface area contributed by atoms with E-state index < -0.39 is 0 Å². The van der Waals surface area contributed by atoms with Gasteiger partial charge < -0.3 is 4.90 Å². The van der Waals surface area contributed by atoms with Gasteiger partial charge in [0.15, 0.2) is 0 Å². The summed E-state index contributed by atoms with van der Waals surface area (Å²) in [4.78, 5) is 20.9. The van der Waals surface area contributed by atoms with Crippen LogP contribution >= 0.6 is 0 Å². The Labute approximate surface area is 154 Å². The predicted molar refractivity (Wildman–Crippen MR) is 99.3 cm³/mol. The molecular formula is C20H27N5O. The molecule has 0 radical (unpaired) electrons. The molecule has 0 saturated carbocycles. The van der Waals surface area contributed by atoms with Gasteiger partial charge in [-0.2, -0.15) is 5.10 Å². The Morgan fingerprint density at radius 2 is 2.00 bits per heavy atom. The molecule has 4 rings (SSSR count). The van der Waals surface area contributed by atoms with Gasteiger partial charge in [0.2, 0.25) is 5.91 Å². The lowest BCUT2D eigenvalue weighted by molar-refractivity contribution is -0.130. The van der Waals surface area contributed by atoms with Crippen LogP contribution in [0.2, 0.25) is 0 Å². The predicted octanol–water partition coefficient (Wildman–Crippen LogP) is 2.24. The minimum absolute atomic E-state index is 0.281. The van der Waals surface area contributed by atoms with Gasteiger partial charge in [0, 0.05) is 64.5 Å². The zero-order chi connectivity index (χ0) is 17.8. The van der Waals surface area contributed by atoms with Gasteiger partial charge >= 0.3 is 0 Å². The highest BCUT2D eigenvalue weighted by Crippen LogP contribution is 2.17. The third kappa shape index (κ3) is 4.12. The second-order valence-electron chi connectivity index (χ2n) is 7.36. The van der Waals surface area contributed by atoms with E-state index in [0.717, 1.165) is 70.6 Å². The highest BCUT2D eigenvalue weighted by atomic mass is 16.2. The van der Waals surface area contributed by atoms with Gasteiger partial charge in [-0.1, -0.05) is 6.07 Å². The zero-order valence-corrected chi connectivity index (χ0v) is 15.3. The Bertz CT molecular complexity index is 736. The van der Waals surface area contributed by atoms with Crippen LogP contribution in [-0.2, 0) is 30.8 Å². The summed E-state index contributed by atoms with van der Waals surface area (Å²) in [6.07, 6.45) is 8.48. The summed E-state index contributed by atoms with van der Waals surface area (Å²) >= 11 is 0. The van der Waals surface area contributed by atoms with Crippen molar-refractivity contribution < 1.29 is 4.79 Å². The van der Waals surface area contributed by atoms with Crippen LogP contribution in [0.1, 0.15) is 42.6 Å². The van der Waals surface area contributed by atoms with Crippen molar-refractivity contribution in [3.8, 4) is 0 Å². The van der Waals surface area contributed by atoms with E-state index >= 15 is 0 Å². The lowest BCUT2D eigenvalue weighted by atomic mass is 10.2. The number of aromatic nitrogens is 3. The van der Waals surface area contributed by atoms with Gasteiger partial charge in [-0.3, -0.25) is 19.4 Å². The molecule has 1 saturated heterocycles. The Morgan fingerprint density at radius 3 is 2.81 bits per heavy atom. The standard InChI is InChI=1S/C20H27N5O/c26-20(24-10-1-2-11-24)7-6-18-13-19-16-23(9-4-12-25(19)22-18)15-17-5-3-8-21-14-17/h3,5,8,13-14H,1-2,4,6-7,9-12,15-16H2. The molecule has 6 heteroatoms. The van der Waals surface area contributed by atoms with Gasteiger partial charge in [0.25, 0.3) is 0 Å². The van der Waals surface area contributed by atoms with Crippen molar-refractivity contribution >= 4 is 5.91 Å². The van der Waals surface area contributed by atoms with Gasteiger partial charge in [0.1, 0.15) is 0 Å². The number of hydrogen-bond donors (Lipinski definition) is 0. The Balaban J connectivity index is 1.36. The summed E-state index contributed by atoms with van der Waals surface area (Å²) in [6, 6.07) is 6.32. The minimum atomic E-state index is 0.281. The molecule has 1 amide bonds. The maximum absolute atomic E-state index is 12.2. The van der Waals surface area contributed by atoms with E-state index in [9.17, 15) is 4.79 Å². The highest BCUT2D eigenvalue weighted by Gasteiger charge is 2.20. The number of carbonyl (C=O) groups is 1. The summed E-state index contributed by atoms with van der Waals surface area (Å²) in [5.74, 6) is 0.281. The van der Waals surface area contributed by atoms with Crippen LogP contribution in [-0.4, -0.2) is 50.1 Å². The molecule has 1 fully saturated rings. The lowest BCUT2D eigenvalue weighted by Gasteiger charge is -2.19. The zero-order valence-electron chi connectivity index (χ0n) is 15.3. The molecule has 0 aromatic carbocycles. The number of aryl methyl sites for hydroxylation is 2. The van der Waals surface area contributed by atoms with Crippen molar-refractivity contribution in [3.63, 3.8) is 0 Å². The van der Waals surface area contributed by atoms with E-state index in [4.69, 9.17) is 5.10 Å². The Morgan fingerprint density at radius 1 is 1.12 bits per heavy atom. The van der Waals surface area contributed by atoms with Crippen LogP contribution in [0.5, 0.6) is 0 Å². The first-order valence-electron chi connectivity index (χ1n) is 9.72. The average Bonchev–Trinajstić information content (AvgIpc) is 3.28. The quantitative estimate of drug-likeness (QED) is 0.827. The van der Waals surface area contributed by atoms with Crippen molar-refractivity contribution in [2.75, 3.05) is 19.6 Å². The summed E-state index contributed by atoms with van der Waals surface area (Å²) in [7, 11) is 0. The first-order valence-corrected chi connectivity index (χ1v) is 9.72. The average molecular weight is 353 g/mol. The summed E-state index contributed by atoms with van der Waals surface area (Å²) in [5, 5.41) is 4.76. The van der Waals surface area contributed by atoms with Crippen molar-refractivity contribution in [1.29, 1.82) is 0 Å². The molecule has 0 aliphatic carbocycles. The van der Waals surface area contributed by atoms with Crippen LogP contribution < -0.4 is 0 Å². The fourth-order valence-corrected chi connectivity index (χ4v) is 3.95. The van der Waals surface area contributed by atoms with Crippen LogP contribution in [0.3, 0.4) is 0 Å². The molecule has 0 atom stereocenters. The molecule has 0 bridgehead atoms. The summed E-state index contributed by atoms with van der Waals surface area (Å²) in [5.41, 5.74) is 3.56. The highest BCUT2D eigenvalue weighted by molar-refractivity contribution is 5.76. The number of fused-ring (bicyclic) bond motifs is 1. The SMILES string of the molecule is O=C(CCc1cc2n(n1)CCCN(Cc1cccnc1)C2)N1CCCC1. The fraction of sp³-hybridized carbons (Fsp3) is 0.550. The van der Waals surface area contributed by atoms with Gasteiger partial charge in [-0.05, 0) is 37.0 Å². The van der Waals surface area contributed by atoms with Crippen LogP contribution in [0.4, 0.5) is 0 Å². The monoisotopic (exact) mass is 353 g/mol. The second kappa shape index (κ2) is 7.99. The normalized spacial score (nSPS) is 17.9. The number of likely N-dealkylation sites (tertiary alicyclic amines) is 1. The van der Waals surface area contributed by atoms with Gasteiger partial charge in [-0.25, -0.2) is 0 Å². The summed E-state index contributed by atoms with van der Waals surface area (Å²) < 4.78 is 2.14. The maximum atomic E-state index is 12.2. The van der Waals surface area contributed by atoms with Gasteiger partial charge in [-0.15, -0.1) is 0 Å². The van der Waals surface area contributed by atoms with E-state index in [1.807, 2.05) is 23.4 Å². The van der Waals surface area contributed by atoms with Crippen LogP contribution in [0.25, 0.3) is 0 Å². The lowest BCUT2D eigenvalue weighted by Crippen LogP contribution is -2.27. The largest absolute Gasteiger partial charge is 0.343 e. The first-order chi connectivity index (χ1) is 12.8. The van der Waals surface area contributed by atoms with E-state index in [1.165, 1.54) is 11.3 Å². The molecule has 6 nitrogen and oxygen atoms in total. The Hall–Kier alpha value is -2.21. The minimum Gasteiger partial charge on any atom is -0.343 e. The van der Waals surface area contributed by atoms with E-state index in [-0.39, 0.29) is 5.91 Å². The molecule has 0 N–H and O–H groups in total. The third-order valence-electron chi connectivity index (χ3n) is 5.33. The number of hydrogen-bond acceptors (Lipinski definition) is 4. The smallest absolute Gasteiger partial charge is 0.222 e. The second-order valence-corrected chi connectivity index (χ2v) is 7.36. The number of rotatable bonds is 5. The van der Waals surface area contributed by atoms with E-state index in [2.05, 4.69) is 26.7 Å². The number of nitrogens with zero attached hydrogens (tertiary/aromatic N) is 5. The maximum Gasteiger partial charge on any atom is 0.222 e. The molecule has 2 aliphatic rings. The molecule has 26 heavy (non-hydrogen) atoms. The van der Waals surface area contributed by atoms with Crippen molar-refractivity contribution in [2.24, 2.45) is 0 Å². The van der Waals surface area contributed by atoms with Crippen LogP contribution in [0, 0.1) is 0 Å². The third-order valence-corrected chi connectivity index (χ3v) is 5.33. The van der Waals surface area contributed by atoms with Crippen molar-refractivity contribution in [3.05, 3.63) is 47.5 Å². The number of carbonyl (C=O) groups excluding carboxylic acids is 1. The first kappa shape index (κ1) is 17.2. The van der Waals surface area contributed by atoms with Crippen molar-refractivity contribution in [2.45, 2.75) is 51.7 Å². The van der Waals surface area contributed by atoms with Crippen LogP contribution in [0.15, 0.2) is 30.6 Å². The topological polar surface area (TPSA) is 54.3 Å². The number of pyridine rings is 1. The molecule has 2 aromatic heterocycles. The molecule has 0 spiro atoms. The van der Waals surface area contributed by atoms with Crippen molar-refractivity contribution in [1.82, 2.24) is 24.6 Å². The molecule has 2 aromatic rings. The van der Waals surface area contributed by atoms with E-state index in [1.54, 1.807) is 0 Å². The molecule has 4 heterocycles.